The molecule has 0 spiro atoms. The second-order valence-electron chi connectivity index (χ2n) is 7.72. The van der Waals surface area contributed by atoms with E-state index in [1.807, 2.05) is 79.7 Å². The van der Waals surface area contributed by atoms with Crippen molar-refractivity contribution in [3.63, 3.8) is 0 Å². The van der Waals surface area contributed by atoms with E-state index in [-0.39, 0.29) is 12.5 Å². The largest absolute Gasteiger partial charge is 0.495 e. The first-order valence-corrected chi connectivity index (χ1v) is 11.3. The zero-order valence-electron chi connectivity index (χ0n) is 19.6. The summed E-state index contributed by atoms with van der Waals surface area (Å²) < 4.78 is 6.98. The van der Waals surface area contributed by atoms with E-state index in [0.717, 1.165) is 16.9 Å². The lowest BCUT2D eigenvalue weighted by molar-refractivity contribution is -0.116. The molecular weight excluding hydrogens is 442 g/mol. The number of ether oxygens (including phenoxy) is 1. The number of likely N-dealkylation sites (N-methyl/N-ethyl adjacent to an activating group) is 1. The van der Waals surface area contributed by atoms with Gasteiger partial charge in [0.1, 0.15) is 18.1 Å². The molecule has 4 rings (SSSR count). The highest BCUT2D eigenvalue weighted by atomic mass is 16.5. The molecule has 1 heterocycles. The number of hydrogen-bond acceptors (Lipinski definition) is 4. The molecule has 4 aromatic rings. The number of carbonyl (C=O) groups is 2. The SMILES string of the molecule is CCN(CC(=O)Nc1cc(-c2ccccc2)nn1-c1ccccc1)C(=O)Nc1ccccc1OC. The van der Waals surface area contributed by atoms with Crippen molar-refractivity contribution < 1.29 is 14.3 Å². The molecule has 0 unspecified atom stereocenters. The maximum absolute atomic E-state index is 13.0. The van der Waals surface area contributed by atoms with Gasteiger partial charge in [0.25, 0.3) is 0 Å². The van der Waals surface area contributed by atoms with Gasteiger partial charge in [0.05, 0.1) is 24.2 Å². The lowest BCUT2D eigenvalue weighted by atomic mass is 10.1. The monoisotopic (exact) mass is 469 g/mol. The van der Waals surface area contributed by atoms with E-state index in [0.29, 0.717) is 23.8 Å². The third-order valence-corrected chi connectivity index (χ3v) is 5.40. The number of methoxy groups -OCH3 is 1. The highest BCUT2D eigenvalue weighted by Gasteiger charge is 2.19. The molecule has 0 saturated heterocycles. The van der Waals surface area contributed by atoms with Crippen LogP contribution >= 0.6 is 0 Å². The van der Waals surface area contributed by atoms with Crippen molar-refractivity contribution in [1.29, 1.82) is 0 Å². The zero-order chi connectivity index (χ0) is 24.6. The number of carbonyl (C=O) groups excluding carboxylic acids is 2. The van der Waals surface area contributed by atoms with Crippen molar-refractivity contribution in [2.45, 2.75) is 6.92 Å². The smallest absolute Gasteiger partial charge is 0.322 e. The molecule has 8 nitrogen and oxygen atoms in total. The summed E-state index contributed by atoms with van der Waals surface area (Å²) >= 11 is 0. The van der Waals surface area contributed by atoms with Crippen molar-refractivity contribution in [2.24, 2.45) is 0 Å². The van der Waals surface area contributed by atoms with Crippen LogP contribution in [0.15, 0.2) is 91.0 Å². The summed E-state index contributed by atoms with van der Waals surface area (Å²) in [5.74, 6) is 0.724. The first kappa shape index (κ1) is 23.6. The van der Waals surface area contributed by atoms with Gasteiger partial charge in [-0.25, -0.2) is 9.48 Å². The summed E-state index contributed by atoms with van der Waals surface area (Å²) in [6.07, 6.45) is 0. The van der Waals surface area contributed by atoms with Crippen LogP contribution in [0.3, 0.4) is 0 Å². The fourth-order valence-corrected chi connectivity index (χ4v) is 3.61. The summed E-state index contributed by atoms with van der Waals surface area (Å²) in [7, 11) is 1.54. The van der Waals surface area contributed by atoms with Crippen molar-refractivity contribution in [2.75, 3.05) is 30.8 Å². The van der Waals surface area contributed by atoms with Gasteiger partial charge in [0.2, 0.25) is 5.91 Å². The lowest BCUT2D eigenvalue weighted by Crippen LogP contribution is -2.40. The minimum atomic E-state index is -0.395. The Bertz CT molecular complexity index is 1290. The predicted molar refractivity (Wildman–Crippen MR) is 137 cm³/mol. The zero-order valence-corrected chi connectivity index (χ0v) is 19.6. The van der Waals surface area contributed by atoms with Crippen molar-refractivity contribution in [1.82, 2.24) is 14.7 Å². The number of para-hydroxylation sites is 3. The van der Waals surface area contributed by atoms with Crippen LogP contribution in [0.5, 0.6) is 5.75 Å². The van der Waals surface area contributed by atoms with Crippen molar-refractivity contribution in [3.05, 3.63) is 91.0 Å². The second-order valence-corrected chi connectivity index (χ2v) is 7.72. The van der Waals surface area contributed by atoms with Crippen LogP contribution in [0, 0.1) is 0 Å². The van der Waals surface area contributed by atoms with E-state index >= 15 is 0 Å². The summed E-state index contributed by atoms with van der Waals surface area (Å²) in [6.45, 7) is 2.04. The summed E-state index contributed by atoms with van der Waals surface area (Å²) in [6, 6.07) is 27.9. The summed E-state index contributed by atoms with van der Waals surface area (Å²) in [5, 5.41) is 10.4. The van der Waals surface area contributed by atoms with E-state index in [9.17, 15) is 9.59 Å². The molecule has 0 fully saturated rings. The molecule has 0 bridgehead atoms. The molecule has 2 N–H and O–H groups in total. The Hall–Kier alpha value is -4.59. The van der Waals surface area contributed by atoms with Gasteiger partial charge in [-0.15, -0.1) is 0 Å². The van der Waals surface area contributed by atoms with Crippen molar-refractivity contribution in [3.8, 4) is 22.7 Å². The number of rotatable bonds is 8. The molecule has 0 radical (unpaired) electrons. The molecule has 178 valence electrons. The van der Waals surface area contributed by atoms with Crippen LogP contribution in [0.25, 0.3) is 16.9 Å². The first-order chi connectivity index (χ1) is 17.1. The van der Waals surface area contributed by atoms with Gasteiger partial charge >= 0.3 is 6.03 Å². The van der Waals surface area contributed by atoms with Gasteiger partial charge in [-0.05, 0) is 31.2 Å². The standard InChI is InChI=1S/C27H27N5O3/c1-3-31(27(34)28-22-16-10-11-17-24(22)35-2)19-26(33)29-25-18-23(20-12-6-4-7-13-20)30-32(25)21-14-8-5-9-15-21/h4-18H,3,19H2,1-2H3,(H,28,34)(H,29,33). The Morgan fingerprint density at radius 3 is 2.26 bits per heavy atom. The van der Waals surface area contributed by atoms with Crippen LogP contribution in [0.2, 0.25) is 0 Å². The molecule has 0 aliphatic carbocycles. The van der Waals surface area contributed by atoms with E-state index in [1.165, 1.54) is 12.0 Å². The number of urea groups is 1. The summed E-state index contributed by atoms with van der Waals surface area (Å²) in [4.78, 5) is 27.3. The fraction of sp³-hybridized carbons (Fsp3) is 0.148. The van der Waals surface area contributed by atoms with E-state index < -0.39 is 6.03 Å². The normalized spacial score (nSPS) is 10.5. The Labute approximate surface area is 204 Å². The summed E-state index contributed by atoms with van der Waals surface area (Å²) in [5.41, 5.74) is 3.01. The minimum Gasteiger partial charge on any atom is -0.495 e. The number of nitrogens with zero attached hydrogens (tertiary/aromatic N) is 3. The Kier molecular flexibility index (Phi) is 7.42. The van der Waals surface area contributed by atoms with Crippen LogP contribution in [-0.4, -0.2) is 46.8 Å². The van der Waals surface area contributed by atoms with E-state index in [2.05, 4.69) is 10.6 Å². The Morgan fingerprint density at radius 2 is 1.57 bits per heavy atom. The number of hydrogen-bond donors (Lipinski definition) is 2. The maximum atomic E-state index is 13.0. The lowest BCUT2D eigenvalue weighted by Gasteiger charge is -2.21. The topological polar surface area (TPSA) is 88.5 Å². The third-order valence-electron chi connectivity index (χ3n) is 5.40. The number of amides is 3. The highest BCUT2D eigenvalue weighted by molar-refractivity contribution is 5.97. The number of anilines is 2. The molecule has 35 heavy (non-hydrogen) atoms. The average molecular weight is 470 g/mol. The molecular formula is C27H27N5O3. The minimum absolute atomic E-state index is 0.127. The molecule has 0 saturated carbocycles. The van der Waals surface area contributed by atoms with Crippen molar-refractivity contribution >= 4 is 23.4 Å². The second kappa shape index (κ2) is 11.0. The Balaban J connectivity index is 1.52. The van der Waals surface area contributed by atoms with Crippen LogP contribution < -0.4 is 15.4 Å². The predicted octanol–water partition coefficient (Wildman–Crippen LogP) is 5.04. The van der Waals surface area contributed by atoms with Crippen LogP contribution in [0.4, 0.5) is 16.3 Å². The molecule has 8 heteroatoms. The van der Waals surface area contributed by atoms with Gasteiger partial charge in [-0.3, -0.25) is 4.79 Å². The quantitative estimate of drug-likeness (QED) is 0.378. The van der Waals surface area contributed by atoms with Gasteiger partial charge < -0.3 is 20.3 Å². The van der Waals surface area contributed by atoms with Crippen LogP contribution in [-0.2, 0) is 4.79 Å². The van der Waals surface area contributed by atoms with Gasteiger partial charge in [0.15, 0.2) is 0 Å². The van der Waals surface area contributed by atoms with E-state index in [4.69, 9.17) is 9.84 Å². The molecule has 1 aromatic heterocycles. The van der Waals surface area contributed by atoms with Gasteiger partial charge in [-0.2, -0.15) is 5.10 Å². The number of nitrogens with one attached hydrogen (secondary N) is 2. The fourth-order valence-electron chi connectivity index (χ4n) is 3.61. The van der Waals surface area contributed by atoms with Crippen LogP contribution in [0.1, 0.15) is 6.92 Å². The highest BCUT2D eigenvalue weighted by Crippen LogP contribution is 2.25. The van der Waals surface area contributed by atoms with Gasteiger partial charge in [-0.1, -0.05) is 60.7 Å². The number of aromatic nitrogens is 2. The third kappa shape index (κ3) is 5.67. The molecule has 0 atom stereocenters. The molecule has 0 aliphatic heterocycles. The molecule has 3 amide bonds. The van der Waals surface area contributed by atoms with E-state index in [1.54, 1.807) is 22.9 Å². The first-order valence-electron chi connectivity index (χ1n) is 11.3. The molecule has 0 aliphatic rings. The average Bonchev–Trinajstić information content (AvgIpc) is 3.32. The molecule has 3 aromatic carbocycles. The Morgan fingerprint density at radius 1 is 0.914 bits per heavy atom. The maximum Gasteiger partial charge on any atom is 0.322 e. The number of benzene rings is 3. The van der Waals surface area contributed by atoms with Gasteiger partial charge in [0, 0.05) is 18.2 Å².